The molecule has 2 amide bonds. The Labute approximate surface area is 137 Å². The number of ether oxygens (including phenoxy) is 2. The molecule has 1 rings (SSSR count). The molecular weight excluding hydrogens is 296 g/mol. The highest BCUT2D eigenvalue weighted by atomic mass is 16.5. The average Bonchev–Trinajstić information content (AvgIpc) is 2.46. The zero-order chi connectivity index (χ0) is 17.6. The maximum absolute atomic E-state index is 12.1. The fraction of sp³-hybridized carbons (Fsp3) is 0.529. The molecule has 0 aliphatic heterocycles. The van der Waals surface area contributed by atoms with Crippen LogP contribution in [0.5, 0.6) is 0 Å². The SMILES string of the molecule is COC(=O)C(COC(C)(C)C)NC(=O)Nc1cccc(C)c1C. The van der Waals surface area contributed by atoms with Gasteiger partial charge in [-0.3, -0.25) is 0 Å². The zero-order valence-electron chi connectivity index (χ0n) is 14.6. The van der Waals surface area contributed by atoms with Crippen LogP contribution in [0, 0.1) is 13.8 Å². The molecule has 0 radical (unpaired) electrons. The predicted octanol–water partition coefficient (Wildman–Crippen LogP) is 2.78. The summed E-state index contributed by atoms with van der Waals surface area (Å²) in [6.45, 7) is 9.54. The van der Waals surface area contributed by atoms with Gasteiger partial charge in [0.15, 0.2) is 6.04 Å². The summed E-state index contributed by atoms with van der Waals surface area (Å²) in [4.78, 5) is 23.9. The van der Waals surface area contributed by atoms with Gasteiger partial charge in [-0.05, 0) is 51.8 Å². The Balaban J connectivity index is 2.73. The number of methoxy groups -OCH3 is 1. The van der Waals surface area contributed by atoms with E-state index in [0.717, 1.165) is 11.1 Å². The average molecular weight is 322 g/mol. The second kappa shape index (κ2) is 7.97. The molecule has 0 saturated heterocycles. The van der Waals surface area contributed by atoms with Gasteiger partial charge in [-0.15, -0.1) is 0 Å². The summed E-state index contributed by atoms with van der Waals surface area (Å²) in [5, 5.41) is 5.33. The van der Waals surface area contributed by atoms with Crippen molar-refractivity contribution in [1.29, 1.82) is 0 Å². The molecule has 0 fully saturated rings. The lowest BCUT2D eigenvalue weighted by molar-refractivity contribution is -0.145. The van der Waals surface area contributed by atoms with Gasteiger partial charge in [0.2, 0.25) is 0 Å². The molecule has 0 aliphatic carbocycles. The molecular formula is C17H26N2O4. The molecule has 1 aromatic carbocycles. The molecule has 128 valence electrons. The first kappa shape index (κ1) is 19.0. The minimum Gasteiger partial charge on any atom is -0.467 e. The van der Waals surface area contributed by atoms with Gasteiger partial charge in [-0.2, -0.15) is 0 Å². The number of esters is 1. The van der Waals surface area contributed by atoms with E-state index in [9.17, 15) is 9.59 Å². The summed E-state index contributed by atoms with van der Waals surface area (Å²) < 4.78 is 10.3. The summed E-state index contributed by atoms with van der Waals surface area (Å²) in [5.41, 5.74) is 2.33. The quantitative estimate of drug-likeness (QED) is 0.817. The van der Waals surface area contributed by atoms with Crippen molar-refractivity contribution < 1.29 is 19.1 Å². The molecule has 0 spiro atoms. The summed E-state index contributed by atoms with van der Waals surface area (Å²) in [6, 6.07) is 4.28. The number of benzene rings is 1. The Morgan fingerprint density at radius 3 is 2.43 bits per heavy atom. The molecule has 6 nitrogen and oxygen atoms in total. The highest BCUT2D eigenvalue weighted by Gasteiger charge is 2.24. The summed E-state index contributed by atoms with van der Waals surface area (Å²) >= 11 is 0. The Morgan fingerprint density at radius 1 is 1.22 bits per heavy atom. The van der Waals surface area contributed by atoms with Crippen LogP contribution in [-0.2, 0) is 14.3 Å². The third-order valence-corrected chi connectivity index (χ3v) is 3.33. The summed E-state index contributed by atoms with van der Waals surface area (Å²) in [5.74, 6) is -0.551. The van der Waals surface area contributed by atoms with E-state index in [2.05, 4.69) is 10.6 Å². The Bertz CT molecular complexity index is 564. The van der Waals surface area contributed by atoms with Crippen LogP contribution in [0.2, 0.25) is 0 Å². The molecule has 6 heteroatoms. The monoisotopic (exact) mass is 322 g/mol. The van der Waals surface area contributed by atoms with Gasteiger partial charge in [-0.25, -0.2) is 9.59 Å². The van der Waals surface area contributed by atoms with Crippen LogP contribution in [0.1, 0.15) is 31.9 Å². The zero-order valence-corrected chi connectivity index (χ0v) is 14.6. The normalized spacial score (nSPS) is 12.4. The van der Waals surface area contributed by atoms with Gasteiger partial charge >= 0.3 is 12.0 Å². The molecule has 0 aromatic heterocycles. The second-order valence-electron chi connectivity index (χ2n) is 6.35. The number of anilines is 1. The summed E-state index contributed by atoms with van der Waals surface area (Å²) in [7, 11) is 1.27. The largest absolute Gasteiger partial charge is 0.467 e. The van der Waals surface area contributed by atoms with Crippen LogP contribution >= 0.6 is 0 Å². The van der Waals surface area contributed by atoms with Gasteiger partial charge in [0.1, 0.15) is 0 Å². The van der Waals surface area contributed by atoms with Gasteiger partial charge < -0.3 is 20.1 Å². The first-order valence-electron chi connectivity index (χ1n) is 7.49. The van der Waals surface area contributed by atoms with Gasteiger partial charge in [-0.1, -0.05) is 12.1 Å². The molecule has 0 heterocycles. The minimum atomic E-state index is -0.871. The molecule has 1 aromatic rings. The highest BCUT2D eigenvalue weighted by Crippen LogP contribution is 2.17. The van der Waals surface area contributed by atoms with Crippen molar-refractivity contribution in [2.24, 2.45) is 0 Å². The van der Waals surface area contributed by atoms with Gasteiger partial charge in [0, 0.05) is 5.69 Å². The first-order valence-corrected chi connectivity index (χ1v) is 7.49. The third-order valence-electron chi connectivity index (χ3n) is 3.33. The van der Waals surface area contributed by atoms with Crippen LogP contribution < -0.4 is 10.6 Å². The fourth-order valence-corrected chi connectivity index (χ4v) is 1.85. The minimum absolute atomic E-state index is 0.0381. The molecule has 23 heavy (non-hydrogen) atoms. The molecule has 0 bridgehead atoms. The number of rotatable bonds is 5. The van der Waals surface area contributed by atoms with Crippen LogP contribution in [0.15, 0.2) is 18.2 Å². The van der Waals surface area contributed by atoms with Crippen molar-refractivity contribution in [1.82, 2.24) is 5.32 Å². The van der Waals surface area contributed by atoms with Crippen molar-refractivity contribution in [3.8, 4) is 0 Å². The molecule has 2 N–H and O–H groups in total. The second-order valence-corrected chi connectivity index (χ2v) is 6.35. The topological polar surface area (TPSA) is 76.7 Å². The van der Waals surface area contributed by atoms with E-state index in [4.69, 9.17) is 9.47 Å². The van der Waals surface area contributed by atoms with Crippen LogP contribution in [0.25, 0.3) is 0 Å². The Kier molecular flexibility index (Phi) is 6.57. The lowest BCUT2D eigenvalue weighted by atomic mass is 10.1. The van der Waals surface area contributed by atoms with E-state index in [1.165, 1.54) is 7.11 Å². The number of hydrogen-bond donors (Lipinski definition) is 2. The van der Waals surface area contributed by atoms with Crippen LogP contribution in [0.3, 0.4) is 0 Å². The van der Waals surface area contributed by atoms with Gasteiger partial charge in [0.05, 0.1) is 19.3 Å². The Hall–Kier alpha value is -2.08. The lowest BCUT2D eigenvalue weighted by Gasteiger charge is -2.24. The van der Waals surface area contributed by atoms with Crippen molar-refractivity contribution in [2.45, 2.75) is 46.3 Å². The highest BCUT2D eigenvalue weighted by molar-refractivity contribution is 5.93. The fourth-order valence-electron chi connectivity index (χ4n) is 1.85. The third kappa shape index (κ3) is 6.28. The molecule has 1 atom stereocenters. The number of carbonyl (C=O) groups excluding carboxylic acids is 2. The number of aryl methyl sites for hydroxylation is 1. The van der Waals surface area contributed by atoms with Gasteiger partial charge in [0.25, 0.3) is 0 Å². The molecule has 0 saturated carbocycles. The van der Waals surface area contributed by atoms with Crippen LogP contribution in [0.4, 0.5) is 10.5 Å². The van der Waals surface area contributed by atoms with E-state index in [-0.39, 0.29) is 6.61 Å². The maximum Gasteiger partial charge on any atom is 0.330 e. The number of carbonyl (C=O) groups is 2. The van der Waals surface area contributed by atoms with Crippen molar-refractivity contribution in [3.05, 3.63) is 29.3 Å². The van der Waals surface area contributed by atoms with E-state index >= 15 is 0 Å². The lowest BCUT2D eigenvalue weighted by Crippen LogP contribution is -2.47. The van der Waals surface area contributed by atoms with Crippen molar-refractivity contribution in [2.75, 3.05) is 19.0 Å². The number of amides is 2. The number of nitrogens with one attached hydrogen (secondary N) is 2. The first-order chi connectivity index (χ1) is 10.6. The standard InChI is InChI=1S/C17H26N2O4/c1-11-8-7-9-13(12(11)2)18-16(21)19-14(15(20)22-6)10-23-17(3,4)5/h7-9,14H,10H2,1-6H3,(H2,18,19,21). The maximum atomic E-state index is 12.1. The smallest absolute Gasteiger partial charge is 0.330 e. The van der Waals surface area contributed by atoms with E-state index in [1.54, 1.807) is 6.07 Å². The van der Waals surface area contributed by atoms with E-state index in [1.807, 2.05) is 46.8 Å². The number of urea groups is 1. The number of hydrogen-bond acceptors (Lipinski definition) is 4. The van der Waals surface area contributed by atoms with Crippen molar-refractivity contribution in [3.63, 3.8) is 0 Å². The van der Waals surface area contributed by atoms with E-state index in [0.29, 0.717) is 5.69 Å². The molecule has 1 unspecified atom stereocenters. The Morgan fingerprint density at radius 2 is 1.87 bits per heavy atom. The van der Waals surface area contributed by atoms with Crippen LogP contribution in [-0.4, -0.2) is 37.4 Å². The van der Waals surface area contributed by atoms with Crippen molar-refractivity contribution >= 4 is 17.7 Å². The predicted molar refractivity (Wildman–Crippen MR) is 89.6 cm³/mol. The molecule has 0 aliphatic rings. The van der Waals surface area contributed by atoms with E-state index < -0.39 is 23.6 Å². The summed E-state index contributed by atoms with van der Waals surface area (Å²) in [6.07, 6.45) is 0.